The fourth-order valence-corrected chi connectivity index (χ4v) is 5.19. The molecule has 0 spiro atoms. The summed E-state index contributed by atoms with van der Waals surface area (Å²) in [5, 5.41) is 0. The highest BCUT2D eigenvalue weighted by atomic mass is 31.0. The number of esters is 1. The third-order valence-electron chi connectivity index (χ3n) is 6.47. The zero-order valence-electron chi connectivity index (χ0n) is 17.3. The van der Waals surface area contributed by atoms with Crippen LogP contribution < -0.4 is 0 Å². The fourth-order valence-electron chi connectivity index (χ4n) is 4.78. The van der Waals surface area contributed by atoms with Crippen LogP contribution in [0.2, 0.25) is 0 Å². The maximum absolute atomic E-state index is 13.3. The first-order valence-corrected chi connectivity index (χ1v) is 11.2. The first-order valence-electron chi connectivity index (χ1n) is 10.6. The predicted molar refractivity (Wildman–Crippen MR) is 120 cm³/mol. The van der Waals surface area contributed by atoms with Crippen molar-refractivity contribution >= 4 is 21.1 Å². The Kier molecular flexibility index (Phi) is 6.50. The second-order valence-electron chi connectivity index (χ2n) is 8.20. The van der Waals surface area contributed by atoms with Gasteiger partial charge in [0.15, 0.2) is 0 Å². The maximum atomic E-state index is 13.3. The molecule has 4 rings (SSSR count). The molecule has 30 heavy (non-hydrogen) atoms. The van der Waals surface area contributed by atoms with Gasteiger partial charge in [-0.05, 0) is 36.4 Å². The topological polar surface area (TPSA) is 49.9 Å². The van der Waals surface area contributed by atoms with Crippen molar-refractivity contribution in [1.29, 1.82) is 0 Å². The molecule has 0 aromatic heterocycles. The van der Waals surface area contributed by atoms with E-state index in [2.05, 4.69) is 38.4 Å². The lowest BCUT2D eigenvalue weighted by Crippen LogP contribution is -2.43. The number of benzene rings is 2. The molecule has 2 aromatic carbocycles. The van der Waals surface area contributed by atoms with E-state index in [9.17, 15) is 9.59 Å². The SMILES string of the molecule is COC(=O)[C@@H]1C[C@H](N2CC[C@@H](c3ccccc3)C2)CN1C(=O)C(P)c1ccccc1. The molecule has 0 bridgehead atoms. The monoisotopic (exact) mass is 424 g/mol. The molecule has 2 saturated heterocycles. The Bertz CT molecular complexity index is 877. The van der Waals surface area contributed by atoms with E-state index in [-0.39, 0.29) is 23.6 Å². The fraction of sp³-hybridized carbons (Fsp3) is 0.417. The number of nitrogens with zero attached hydrogens (tertiary/aromatic N) is 2. The molecule has 2 fully saturated rings. The number of hydrogen-bond acceptors (Lipinski definition) is 4. The van der Waals surface area contributed by atoms with E-state index >= 15 is 0 Å². The molecule has 0 aliphatic carbocycles. The van der Waals surface area contributed by atoms with Crippen LogP contribution in [-0.2, 0) is 14.3 Å². The number of rotatable bonds is 5. The van der Waals surface area contributed by atoms with Crippen LogP contribution in [-0.4, -0.2) is 60.5 Å². The Balaban J connectivity index is 1.48. The van der Waals surface area contributed by atoms with Crippen molar-refractivity contribution in [1.82, 2.24) is 9.80 Å². The summed E-state index contributed by atoms with van der Waals surface area (Å²) in [4.78, 5) is 30.0. The van der Waals surface area contributed by atoms with Crippen LogP contribution >= 0.6 is 9.24 Å². The van der Waals surface area contributed by atoms with Gasteiger partial charge in [0.25, 0.3) is 0 Å². The van der Waals surface area contributed by atoms with Crippen molar-refractivity contribution in [2.75, 3.05) is 26.7 Å². The molecule has 2 unspecified atom stereocenters. The summed E-state index contributed by atoms with van der Waals surface area (Å²) in [6.45, 7) is 2.52. The number of carbonyl (C=O) groups excluding carboxylic acids is 2. The van der Waals surface area contributed by atoms with E-state index in [1.807, 2.05) is 36.4 Å². The highest BCUT2D eigenvalue weighted by Crippen LogP contribution is 2.35. The van der Waals surface area contributed by atoms with E-state index in [1.165, 1.54) is 12.7 Å². The second-order valence-corrected chi connectivity index (χ2v) is 8.87. The Morgan fingerprint density at radius 2 is 1.70 bits per heavy atom. The molecular formula is C24H29N2O3P. The molecule has 2 aliphatic heterocycles. The van der Waals surface area contributed by atoms with E-state index < -0.39 is 6.04 Å². The second kappa shape index (κ2) is 9.28. The highest BCUT2D eigenvalue weighted by Gasteiger charge is 2.44. The molecular weight excluding hydrogens is 395 g/mol. The Morgan fingerprint density at radius 1 is 1.03 bits per heavy atom. The lowest BCUT2D eigenvalue weighted by molar-refractivity contribution is -0.150. The minimum absolute atomic E-state index is 0.0390. The van der Waals surface area contributed by atoms with Crippen LogP contribution in [0, 0.1) is 0 Å². The zero-order valence-corrected chi connectivity index (χ0v) is 18.5. The molecule has 2 aliphatic rings. The third-order valence-corrected chi connectivity index (χ3v) is 7.14. The van der Waals surface area contributed by atoms with Crippen molar-refractivity contribution in [3.8, 4) is 0 Å². The maximum Gasteiger partial charge on any atom is 0.328 e. The van der Waals surface area contributed by atoms with Crippen LogP contribution in [0.4, 0.5) is 0 Å². The number of ether oxygens (including phenoxy) is 1. The lowest BCUT2D eigenvalue weighted by Gasteiger charge is -2.27. The minimum Gasteiger partial charge on any atom is -0.467 e. The van der Waals surface area contributed by atoms with E-state index in [0.717, 1.165) is 25.1 Å². The Hall–Kier alpha value is -2.23. The standard InChI is InChI=1S/C24H29N2O3P/c1-29-24(28)21-14-20(25-13-12-19(15-25)17-8-4-2-5-9-17)16-26(21)23(27)22(30)18-10-6-3-7-11-18/h2-11,19-22H,12-16,30H2,1H3/t19-,20+,21+,22?/m1/s1. The lowest BCUT2D eigenvalue weighted by atomic mass is 9.99. The van der Waals surface area contributed by atoms with Crippen molar-refractivity contribution in [2.45, 2.75) is 36.5 Å². The molecule has 0 N–H and O–H groups in total. The van der Waals surface area contributed by atoms with Crippen LogP contribution in [0.3, 0.4) is 0 Å². The quantitative estimate of drug-likeness (QED) is 0.546. The summed E-state index contributed by atoms with van der Waals surface area (Å²) in [6, 6.07) is 19.9. The number of amides is 1. The number of hydrogen-bond donors (Lipinski definition) is 0. The molecule has 2 heterocycles. The molecule has 0 saturated carbocycles. The van der Waals surface area contributed by atoms with Crippen molar-refractivity contribution in [3.63, 3.8) is 0 Å². The van der Waals surface area contributed by atoms with Gasteiger partial charge in [-0.1, -0.05) is 60.7 Å². The summed E-state index contributed by atoms with van der Waals surface area (Å²) in [5.74, 6) is 0.143. The van der Waals surface area contributed by atoms with Gasteiger partial charge in [0.1, 0.15) is 6.04 Å². The molecule has 5 nitrogen and oxygen atoms in total. The van der Waals surface area contributed by atoms with E-state index in [1.54, 1.807) is 4.90 Å². The van der Waals surface area contributed by atoms with Crippen molar-refractivity contribution in [3.05, 3.63) is 71.8 Å². The normalized spacial score (nSPS) is 25.3. The van der Waals surface area contributed by atoms with Gasteiger partial charge in [-0.25, -0.2) is 4.79 Å². The number of likely N-dealkylation sites (tertiary alicyclic amines) is 2. The molecule has 6 heteroatoms. The average molecular weight is 424 g/mol. The van der Waals surface area contributed by atoms with E-state index in [4.69, 9.17) is 4.74 Å². The first-order chi connectivity index (χ1) is 14.6. The third kappa shape index (κ3) is 4.28. The predicted octanol–water partition coefficient (Wildman–Crippen LogP) is 3.23. The number of carbonyl (C=O) groups is 2. The van der Waals surface area contributed by atoms with Crippen LogP contribution in [0.5, 0.6) is 0 Å². The van der Waals surface area contributed by atoms with Gasteiger partial charge in [0.2, 0.25) is 5.91 Å². The van der Waals surface area contributed by atoms with Crippen LogP contribution in [0.25, 0.3) is 0 Å². The van der Waals surface area contributed by atoms with Gasteiger partial charge in [0.05, 0.1) is 12.8 Å². The van der Waals surface area contributed by atoms with Crippen LogP contribution in [0.1, 0.15) is 35.5 Å². The summed E-state index contributed by atoms with van der Waals surface area (Å²) in [5.41, 5.74) is 1.93. The summed E-state index contributed by atoms with van der Waals surface area (Å²) in [6.07, 6.45) is 1.74. The molecule has 5 atom stereocenters. The Morgan fingerprint density at radius 3 is 2.37 bits per heavy atom. The molecule has 158 valence electrons. The molecule has 2 aromatic rings. The molecule has 1 amide bonds. The van der Waals surface area contributed by atoms with Crippen molar-refractivity contribution in [2.24, 2.45) is 0 Å². The largest absolute Gasteiger partial charge is 0.467 e. The average Bonchev–Trinajstić information content (AvgIpc) is 3.46. The first kappa shape index (κ1) is 21.0. The summed E-state index contributed by atoms with van der Waals surface area (Å²) < 4.78 is 5.04. The van der Waals surface area contributed by atoms with Crippen molar-refractivity contribution < 1.29 is 14.3 Å². The summed E-state index contributed by atoms with van der Waals surface area (Å²) >= 11 is 0. The van der Waals surface area contributed by atoms with Crippen LogP contribution in [0.15, 0.2) is 60.7 Å². The van der Waals surface area contributed by atoms with Gasteiger partial charge < -0.3 is 9.64 Å². The van der Waals surface area contributed by atoms with Gasteiger partial charge >= 0.3 is 5.97 Å². The van der Waals surface area contributed by atoms with E-state index in [0.29, 0.717) is 18.9 Å². The van der Waals surface area contributed by atoms with Gasteiger partial charge in [0, 0.05) is 19.1 Å². The molecule has 0 radical (unpaired) electrons. The Labute approximate surface area is 180 Å². The van der Waals surface area contributed by atoms with Gasteiger partial charge in [-0.15, -0.1) is 9.24 Å². The van der Waals surface area contributed by atoms with Gasteiger partial charge in [-0.2, -0.15) is 0 Å². The number of methoxy groups -OCH3 is 1. The highest BCUT2D eigenvalue weighted by molar-refractivity contribution is 7.19. The zero-order chi connectivity index (χ0) is 21.1. The minimum atomic E-state index is -0.518. The van der Waals surface area contributed by atoms with Gasteiger partial charge in [-0.3, -0.25) is 9.69 Å². The smallest absolute Gasteiger partial charge is 0.328 e. The summed E-state index contributed by atoms with van der Waals surface area (Å²) in [7, 11) is 4.04.